The second-order valence-electron chi connectivity index (χ2n) is 0. The molecule has 0 amide bonds. The minimum absolute atomic E-state index is 0. The van der Waals surface area contributed by atoms with Gasteiger partial charge in [0.15, 0.2) is 0 Å². The van der Waals surface area contributed by atoms with Gasteiger partial charge in [-0.05, 0) is 0 Å². The SMILES string of the molecule is [S-2].[S-2].[S-2].[S-2].[S-2].[Tl].[Tl].[V+5].[V+5]. The van der Waals surface area contributed by atoms with E-state index in [-0.39, 0.29) is 159 Å². The molecule has 0 bridgehead atoms. The van der Waals surface area contributed by atoms with E-state index in [0.29, 0.717) is 0 Å². The first-order valence-electron chi connectivity index (χ1n) is 0. The van der Waals surface area contributed by atoms with E-state index >= 15 is 0 Å². The van der Waals surface area contributed by atoms with E-state index < -0.39 is 0 Å². The summed E-state index contributed by atoms with van der Waals surface area (Å²) in [5, 5.41) is 0. The van der Waals surface area contributed by atoms with E-state index in [0.717, 1.165) is 0 Å². The molecule has 0 saturated carbocycles. The van der Waals surface area contributed by atoms with Crippen molar-refractivity contribution in [1.82, 2.24) is 0 Å². The van der Waals surface area contributed by atoms with Gasteiger partial charge in [0.1, 0.15) is 0 Å². The monoisotopic (exact) mass is 672 g/mol. The Balaban J connectivity index is 0. The van der Waals surface area contributed by atoms with Gasteiger partial charge in [-0.1, -0.05) is 0 Å². The standard InChI is InChI=1S/5S.2Tl.2V/q5*-2;;;2*+5. The molecular formula is S5Tl2V2. The van der Waals surface area contributed by atoms with Crippen molar-refractivity contribution in [3.8, 4) is 0 Å². The second-order valence-corrected chi connectivity index (χ2v) is 0. The first kappa shape index (κ1) is 98.8. The van der Waals surface area contributed by atoms with Crippen LogP contribution >= 0.6 is 0 Å². The molecule has 46 valence electrons. The van der Waals surface area contributed by atoms with E-state index in [4.69, 9.17) is 0 Å². The van der Waals surface area contributed by atoms with Crippen LogP contribution in [0.1, 0.15) is 0 Å². The predicted octanol–water partition coefficient (Wildman–Crippen LogP) is -0.779. The Kier molecular flexibility index (Phi) is 855. The van der Waals surface area contributed by atoms with Crippen LogP contribution in [0.4, 0.5) is 0 Å². The molecule has 0 aliphatic heterocycles. The van der Waals surface area contributed by atoms with Crippen molar-refractivity contribution in [2.24, 2.45) is 0 Å². The average Bonchev–Trinajstić information content (AvgIpc) is 0. The van der Waals surface area contributed by atoms with E-state index in [9.17, 15) is 0 Å². The molecule has 0 rings (SSSR count). The van der Waals surface area contributed by atoms with Crippen molar-refractivity contribution in [2.45, 2.75) is 0 Å². The Hall–Kier alpha value is 4.76. The van der Waals surface area contributed by atoms with Crippen LogP contribution in [0.2, 0.25) is 0 Å². The molecule has 0 unspecified atom stereocenters. The average molecular weight is 671 g/mol. The van der Waals surface area contributed by atoms with Gasteiger partial charge in [0.05, 0.1) is 0 Å². The van der Waals surface area contributed by atoms with Gasteiger partial charge in [-0.25, -0.2) is 0 Å². The van der Waals surface area contributed by atoms with E-state index in [1.165, 1.54) is 0 Å². The summed E-state index contributed by atoms with van der Waals surface area (Å²) < 4.78 is 0. The summed E-state index contributed by atoms with van der Waals surface area (Å²) in [7, 11) is 0. The molecule has 0 fully saturated rings. The molecule has 9 heavy (non-hydrogen) atoms. The number of rotatable bonds is 0. The Bertz CT molecular complexity index is 12.9. The van der Waals surface area contributed by atoms with Crippen LogP contribution in [0.3, 0.4) is 0 Å². The Morgan fingerprint density at radius 1 is 0.333 bits per heavy atom. The molecule has 0 N–H and O–H groups in total. The zero-order chi connectivity index (χ0) is 0. The molecule has 0 heterocycles. The van der Waals surface area contributed by atoms with Crippen molar-refractivity contribution in [1.29, 1.82) is 0 Å². The maximum Gasteiger partial charge on any atom is 5.00 e. The van der Waals surface area contributed by atoms with Crippen molar-refractivity contribution < 1.29 is 37.1 Å². The molecule has 0 nitrogen and oxygen atoms in total. The third-order valence-electron chi connectivity index (χ3n) is 0. The molecule has 2 radical (unpaired) electrons. The zero-order valence-electron chi connectivity index (χ0n) is 4.09. The molecule has 0 aromatic carbocycles. The van der Waals surface area contributed by atoms with Crippen molar-refractivity contribution in [3.63, 3.8) is 0 Å². The Morgan fingerprint density at radius 3 is 0.333 bits per heavy atom. The summed E-state index contributed by atoms with van der Waals surface area (Å²) in [6.45, 7) is 0. The second kappa shape index (κ2) is 77.8. The van der Waals surface area contributed by atoms with Crippen molar-refractivity contribution >= 4 is 122 Å². The fourth-order valence-corrected chi connectivity index (χ4v) is 0. The summed E-state index contributed by atoms with van der Waals surface area (Å²) in [5.41, 5.74) is 0. The fourth-order valence-electron chi connectivity index (χ4n) is 0. The fraction of sp³-hybridized carbons (Fsp3) is 0. The maximum absolute atomic E-state index is 0. The molecule has 0 aromatic rings. The normalized spacial score (nSPS) is 0. The summed E-state index contributed by atoms with van der Waals surface area (Å²) in [4.78, 5) is 0. The summed E-state index contributed by atoms with van der Waals surface area (Å²) in [5.74, 6) is 0. The van der Waals surface area contributed by atoms with E-state index in [1.54, 1.807) is 0 Å². The van der Waals surface area contributed by atoms with Gasteiger partial charge < -0.3 is 67.5 Å². The Morgan fingerprint density at radius 2 is 0.333 bits per heavy atom. The molecule has 0 saturated heterocycles. The third-order valence-corrected chi connectivity index (χ3v) is 0. The number of hydrogen-bond acceptors (Lipinski definition) is 0. The van der Waals surface area contributed by atoms with Gasteiger partial charge in [-0.15, -0.1) is 0 Å². The van der Waals surface area contributed by atoms with E-state index in [2.05, 4.69) is 0 Å². The topological polar surface area (TPSA) is 0 Å². The summed E-state index contributed by atoms with van der Waals surface area (Å²) in [6, 6.07) is 0. The van der Waals surface area contributed by atoms with Crippen LogP contribution in [-0.4, -0.2) is 54.6 Å². The van der Waals surface area contributed by atoms with E-state index in [1.807, 2.05) is 0 Å². The van der Waals surface area contributed by atoms with Gasteiger partial charge in [-0.3, -0.25) is 0 Å². The molecule has 0 aromatic heterocycles. The van der Waals surface area contributed by atoms with Gasteiger partial charge in [-0.2, -0.15) is 0 Å². The van der Waals surface area contributed by atoms with Gasteiger partial charge >= 0.3 is 37.1 Å². The smallest absolute Gasteiger partial charge is 2.00 e. The van der Waals surface area contributed by atoms with Crippen LogP contribution < -0.4 is 0 Å². The zero-order valence-corrected chi connectivity index (χ0v) is 19.9. The van der Waals surface area contributed by atoms with Gasteiger partial charge in [0.2, 0.25) is 0 Å². The largest absolute Gasteiger partial charge is 5.00 e. The molecule has 0 atom stereocenters. The number of hydrogen-bond donors (Lipinski definition) is 0. The first-order valence-corrected chi connectivity index (χ1v) is 0. The van der Waals surface area contributed by atoms with Gasteiger partial charge in [0, 0.05) is 54.6 Å². The maximum atomic E-state index is 0. The van der Waals surface area contributed by atoms with Crippen molar-refractivity contribution in [3.05, 3.63) is 0 Å². The molecule has 0 aliphatic rings. The Labute approximate surface area is 156 Å². The van der Waals surface area contributed by atoms with Crippen LogP contribution in [0.25, 0.3) is 0 Å². The van der Waals surface area contributed by atoms with Crippen LogP contribution in [0.15, 0.2) is 0 Å². The molecular weight excluding hydrogens is 671 g/mol. The quantitative estimate of drug-likeness (QED) is 0.297. The molecule has 0 spiro atoms. The van der Waals surface area contributed by atoms with Crippen LogP contribution in [0, 0.1) is 0 Å². The molecule has 9 heteroatoms. The third kappa shape index (κ3) is 65.2. The molecule has 0 aliphatic carbocycles. The van der Waals surface area contributed by atoms with Crippen LogP contribution in [-0.2, 0) is 105 Å². The predicted molar refractivity (Wildman–Crippen MR) is 48.3 cm³/mol. The van der Waals surface area contributed by atoms with Crippen LogP contribution in [0.5, 0.6) is 0 Å². The summed E-state index contributed by atoms with van der Waals surface area (Å²) >= 11 is 0. The van der Waals surface area contributed by atoms with Crippen molar-refractivity contribution in [2.75, 3.05) is 0 Å². The first-order chi connectivity index (χ1) is 0. The minimum Gasteiger partial charge on any atom is -2.00 e. The summed E-state index contributed by atoms with van der Waals surface area (Å²) in [6.07, 6.45) is 0. The minimum atomic E-state index is 0. The van der Waals surface area contributed by atoms with Gasteiger partial charge in [0.25, 0.3) is 0 Å².